The molecule has 0 radical (unpaired) electrons. The van der Waals surface area contributed by atoms with Crippen LogP contribution in [0.4, 0.5) is 0 Å². The number of H-pyrrole nitrogens is 1. The van der Waals surface area contributed by atoms with E-state index in [-0.39, 0.29) is 11.9 Å². The molecular formula is C12H14N4OS. The summed E-state index contributed by atoms with van der Waals surface area (Å²) >= 11 is 1.61. The monoisotopic (exact) mass is 262 g/mol. The van der Waals surface area contributed by atoms with Crippen LogP contribution in [0.2, 0.25) is 0 Å². The zero-order chi connectivity index (χ0) is 12.5. The van der Waals surface area contributed by atoms with E-state index in [9.17, 15) is 4.79 Å². The Kier molecular flexibility index (Phi) is 2.87. The van der Waals surface area contributed by atoms with Crippen molar-refractivity contribution in [2.45, 2.75) is 25.8 Å². The molecule has 3 rings (SSSR count). The molecular weight excluding hydrogens is 248 g/mol. The number of aryl methyl sites for hydroxylation is 1. The fourth-order valence-corrected chi connectivity index (χ4v) is 3.11. The molecule has 0 unspecified atom stereocenters. The quantitative estimate of drug-likeness (QED) is 0.902. The summed E-state index contributed by atoms with van der Waals surface area (Å²) in [5, 5.41) is 2.97. The van der Waals surface area contributed by atoms with Crippen LogP contribution in [-0.4, -0.2) is 32.3 Å². The van der Waals surface area contributed by atoms with Gasteiger partial charge in [0, 0.05) is 30.0 Å². The van der Waals surface area contributed by atoms with Crippen LogP contribution in [0.5, 0.6) is 0 Å². The molecule has 2 aromatic rings. The minimum absolute atomic E-state index is 0.0270. The summed E-state index contributed by atoms with van der Waals surface area (Å²) in [5.74, 6) is 0.400. The topological polar surface area (TPSA) is 61.9 Å². The van der Waals surface area contributed by atoms with Gasteiger partial charge in [-0.05, 0) is 19.8 Å². The number of carbonyl (C=O) groups excluding carboxylic acids is 1. The lowest BCUT2D eigenvalue weighted by Crippen LogP contribution is -2.31. The summed E-state index contributed by atoms with van der Waals surface area (Å²) in [6.07, 6.45) is 5.48. The first kappa shape index (κ1) is 11.4. The van der Waals surface area contributed by atoms with E-state index < -0.39 is 0 Å². The second-order valence-corrected chi connectivity index (χ2v) is 5.37. The number of hydrogen-bond acceptors (Lipinski definition) is 4. The van der Waals surface area contributed by atoms with Crippen molar-refractivity contribution in [3.63, 3.8) is 0 Å². The second kappa shape index (κ2) is 4.53. The molecule has 18 heavy (non-hydrogen) atoms. The zero-order valence-electron chi connectivity index (χ0n) is 10.1. The highest BCUT2D eigenvalue weighted by Crippen LogP contribution is 2.33. The molecule has 2 aromatic heterocycles. The first-order valence-electron chi connectivity index (χ1n) is 5.97. The van der Waals surface area contributed by atoms with E-state index in [0.717, 1.165) is 30.1 Å². The van der Waals surface area contributed by atoms with Crippen LogP contribution in [0, 0.1) is 6.92 Å². The number of rotatable bonds is 2. The van der Waals surface area contributed by atoms with Gasteiger partial charge in [0.05, 0.1) is 6.04 Å². The van der Waals surface area contributed by atoms with Crippen LogP contribution in [0.3, 0.4) is 0 Å². The Labute approximate surface area is 109 Å². The lowest BCUT2D eigenvalue weighted by Gasteiger charge is -2.21. The predicted octanol–water partition coefficient (Wildman–Crippen LogP) is 2.15. The molecule has 1 aliphatic heterocycles. The van der Waals surface area contributed by atoms with Gasteiger partial charge in [-0.25, -0.2) is 9.97 Å². The Hall–Kier alpha value is -1.69. The minimum atomic E-state index is -0.0270. The highest BCUT2D eigenvalue weighted by atomic mass is 32.1. The van der Waals surface area contributed by atoms with E-state index in [1.807, 2.05) is 17.2 Å². The van der Waals surface area contributed by atoms with Crippen molar-refractivity contribution in [2.24, 2.45) is 0 Å². The molecule has 1 atom stereocenters. The third kappa shape index (κ3) is 1.92. The van der Waals surface area contributed by atoms with Crippen molar-refractivity contribution in [1.82, 2.24) is 19.9 Å². The molecule has 0 saturated carbocycles. The third-order valence-electron chi connectivity index (χ3n) is 3.16. The highest BCUT2D eigenvalue weighted by Gasteiger charge is 2.33. The molecule has 0 aliphatic carbocycles. The fourth-order valence-electron chi connectivity index (χ4n) is 2.32. The van der Waals surface area contributed by atoms with Gasteiger partial charge in [-0.1, -0.05) is 0 Å². The Bertz CT molecular complexity index is 548. The van der Waals surface area contributed by atoms with Crippen molar-refractivity contribution < 1.29 is 4.79 Å². The average molecular weight is 262 g/mol. The van der Waals surface area contributed by atoms with Crippen LogP contribution < -0.4 is 0 Å². The number of imidazole rings is 1. The van der Waals surface area contributed by atoms with Crippen molar-refractivity contribution in [3.8, 4) is 0 Å². The normalized spacial score (nSPS) is 19.4. The van der Waals surface area contributed by atoms with Gasteiger partial charge in [0.25, 0.3) is 5.91 Å². The molecule has 1 fully saturated rings. The number of nitrogens with zero attached hydrogens (tertiary/aromatic N) is 3. The summed E-state index contributed by atoms with van der Waals surface area (Å²) < 4.78 is 0. The first-order valence-corrected chi connectivity index (χ1v) is 6.85. The van der Waals surface area contributed by atoms with Crippen molar-refractivity contribution >= 4 is 17.2 Å². The molecule has 1 aliphatic rings. The molecule has 1 saturated heterocycles. The van der Waals surface area contributed by atoms with Gasteiger partial charge in [-0.2, -0.15) is 0 Å². The molecule has 0 aromatic carbocycles. The number of carbonyl (C=O) groups is 1. The van der Waals surface area contributed by atoms with Crippen molar-refractivity contribution in [1.29, 1.82) is 0 Å². The van der Waals surface area contributed by atoms with Gasteiger partial charge >= 0.3 is 0 Å². The van der Waals surface area contributed by atoms with Gasteiger partial charge in [-0.15, -0.1) is 11.3 Å². The van der Waals surface area contributed by atoms with E-state index >= 15 is 0 Å². The Morgan fingerprint density at radius 2 is 2.44 bits per heavy atom. The Balaban J connectivity index is 1.85. The van der Waals surface area contributed by atoms with Crippen LogP contribution in [0.1, 0.15) is 40.2 Å². The number of thiazole rings is 1. The smallest absolute Gasteiger partial charge is 0.290 e. The maximum absolute atomic E-state index is 12.4. The standard InChI is InChI=1S/C12H14N4OS/c1-8-7-14-10(15-8)12(17)16-5-2-3-9(16)11-13-4-6-18-11/h4,6-7,9H,2-3,5H2,1H3,(H,14,15)/t9-/m1/s1. The van der Waals surface area contributed by atoms with Crippen LogP contribution in [-0.2, 0) is 0 Å². The van der Waals surface area contributed by atoms with Gasteiger partial charge in [-0.3, -0.25) is 4.79 Å². The van der Waals surface area contributed by atoms with E-state index in [4.69, 9.17) is 0 Å². The number of amides is 1. The van der Waals surface area contributed by atoms with Gasteiger partial charge in [0.15, 0.2) is 5.82 Å². The zero-order valence-corrected chi connectivity index (χ0v) is 10.9. The van der Waals surface area contributed by atoms with Crippen LogP contribution in [0.25, 0.3) is 0 Å². The van der Waals surface area contributed by atoms with E-state index in [0.29, 0.717) is 5.82 Å². The maximum Gasteiger partial charge on any atom is 0.290 e. The summed E-state index contributed by atoms with van der Waals surface area (Å²) in [6, 6.07) is 0.114. The van der Waals surface area contributed by atoms with E-state index in [1.165, 1.54) is 0 Å². The van der Waals surface area contributed by atoms with Crippen LogP contribution >= 0.6 is 11.3 Å². The van der Waals surface area contributed by atoms with Crippen molar-refractivity contribution in [3.05, 3.63) is 34.3 Å². The fraction of sp³-hybridized carbons (Fsp3) is 0.417. The maximum atomic E-state index is 12.4. The largest absolute Gasteiger partial charge is 0.338 e. The van der Waals surface area contributed by atoms with Crippen molar-refractivity contribution in [2.75, 3.05) is 6.54 Å². The number of likely N-dealkylation sites (tertiary alicyclic amines) is 1. The molecule has 0 spiro atoms. The number of nitrogens with one attached hydrogen (secondary N) is 1. The number of aromatic nitrogens is 3. The second-order valence-electron chi connectivity index (χ2n) is 4.44. The average Bonchev–Trinajstić information content (AvgIpc) is 3.08. The Morgan fingerprint density at radius 1 is 1.56 bits per heavy atom. The molecule has 0 bridgehead atoms. The van der Waals surface area contributed by atoms with Gasteiger partial charge in [0.1, 0.15) is 5.01 Å². The number of aromatic amines is 1. The van der Waals surface area contributed by atoms with E-state index in [2.05, 4.69) is 15.0 Å². The van der Waals surface area contributed by atoms with Crippen LogP contribution in [0.15, 0.2) is 17.8 Å². The van der Waals surface area contributed by atoms with Gasteiger partial charge in [0.2, 0.25) is 0 Å². The molecule has 94 valence electrons. The summed E-state index contributed by atoms with van der Waals surface area (Å²) in [6.45, 7) is 2.68. The SMILES string of the molecule is Cc1cnc(C(=O)N2CCC[C@@H]2c2nccs2)[nH]1. The summed E-state index contributed by atoms with van der Waals surface area (Å²) in [4.78, 5) is 25.7. The summed E-state index contributed by atoms with van der Waals surface area (Å²) in [5.41, 5.74) is 0.906. The van der Waals surface area contributed by atoms with E-state index in [1.54, 1.807) is 23.7 Å². The predicted molar refractivity (Wildman–Crippen MR) is 68.5 cm³/mol. The molecule has 6 heteroatoms. The molecule has 1 N–H and O–H groups in total. The highest BCUT2D eigenvalue weighted by molar-refractivity contribution is 7.09. The Morgan fingerprint density at radius 3 is 3.11 bits per heavy atom. The number of hydrogen-bond donors (Lipinski definition) is 1. The minimum Gasteiger partial charge on any atom is -0.338 e. The first-order chi connectivity index (χ1) is 8.75. The molecule has 5 nitrogen and oxygen atoms in total. The lowest BCUT2D eigenvalue weighted by atomic mass is 10.2. The molecule has 3 heterocycles. The van der Waals surface area contributed by atoms with Gasteiger partial charge < -0.3 is 9.88 Å². The molecule has 1 amide bonds. The summed E-state index contributed by atoms with van der Waals surface area (Å²) in [7, 11) is 0. The third-order valence-corrected chi connectivity index (χ3v) is 4.03. The lowest BCUT2D eigenvalue weighted by molar-refractivity contribution is 0.0724.